The number of likely N-dealkylation sites (tertiary alicyclic amines) is 1. The van der Waals surface area contributed by atoms with E-state index in [1.165, 1.54) is 0 Å². The third kappa shape index (κ3) is 5.92. The molecule has 2 aliphatic rings. The molecule has 1 aromatic rings. The van der Waals surface area contributed by atoms with Crippen molar-refractivity contribution in [1.29, 1.82) is 0 Å². The maximum absolute atomic E-state index is 12.7. The van der Waals surface area contributed by atoms with Gasteiger partial charge in [0.05, 0.1) is 30.5 Å². The maximum atomic E-state index is 12.7. The molecule has 4 nitrogen and oxygen atoms in total. The van der Waals surface area contributed by atoms with Gasteiger partial charge in [-0.05, 0) is 43.9 Å². The molecule has 0 radical (unpaired) electrons. The Hall–Kier alpha value is -1.15. The first-order chi connectivity index (χ1) is 13.4. The molecule has 2 aliphatic heterocycles. The summed E-state index contributed by atoms with van der Waals surface area (Å²) in [6.45, 7) is 7.08. The van der Waals surface area contributed by atoms with Crippen LogP contribution in [-0.2, 0) is 26.9 Å². The van der Waals surface area contributed by atoms with Crippen LogP contribution in [0.2, 0.25) is 0 Å². The van der Waals surface area contributed by atoms with Gasteiger partial charge in [-0.3, -0.25) is 4.90 Å². The lowest BCUT2D eigenvalue weighted by molar-refractivity contribution is -0.158. The van der Waals surface area contributed by atoms with Crippen LogP contribution in [0.3, 0.4) is 0 Å². The molecule has 1 unspecified atom stereocenters. The number of alkyl halides is 3. The zero-order chi connectivity index (χ0) is 20.0. The van der Waals surface area contributed by atoms with E-state index in [9.17, 15) is 13.2 Å². The lowest BCUT2D eigenvalue weighted by Gasteiger charge is -2.46. The van der Waals surface area contributed by atoms with Gasteiger partial charge in [-0.2, -0.15) is 13.2 Å². The van der Waals surface area contributed by atoms with Crippen LogP contribution in [0.5, 0.6) is 0 Å². The summed E-state index contributed by atoms with van der Waals surface area (Å²) >= 11 is 0. The first-order valence-corrected chi connectivity index (χ1v) is 10.1. The van der Waals surface area contributed by atoms with Crippen LogP contribution in [0.15, 0.2) is 24.3 Å². The van der Waals surface area contributed by atoms with Crippen LogP contribution in [0.25, 0.3) is 0 Å². The molecule has 1 atom stereocenters. The van der Waals surface area contributed by atoms with Crippen LogP contribution in [0, 0.1) is 0 Å². The van der Waals surface area contributed by atoms with Gasteiger partial charge in [0.1, 0.15) is 0 Å². The van der Waals surface area contributed by atoms with Gasteiger partial charge in [-0.1, -0.05) is 12.1 Å². The van der Waals surface area contributed by atoms with Crippen molar-refractivity contribution in [2.75, 3.05) is 39.5 Å². The Balaban J connectivity index is 1.46. The van der Waals surface area contributed by atoms with Crippen LogP contribution in [0.1, 0.15) is 43.7 Å². The highest BCUT2D eigenvalue weighted by molar-refractivity contribution is 5.24. The highest BCUT2D eigenvalue weighted by atomic mass is 19.4. The fraction of sp³-hybridized carbons (Fsp3) is 0.714. The molecule has 28 heavy (non-hydrogen) atoms. The summed E-state index contributed by atoms with van der Waals surface area (Å²) in [4.78, 5) is 2.29. The summed E-state index contributed by atoms with van der Waals surface area (Å²) in [7, 11) is 0. The minimum absolute atomic E-state index is 0.120. The van der Waals surface area contributed by atoms with Crippen molar-refractivity contribution in [3.63, 3.8) is 0 Å². The highest BCUT2D eigenvalue weighted by Crippen LogP contribution is 2.36. The molecule has 3 rings (SSSR count). The van der Waals surface area contributed by atoms with Crippen molar-refractivity contribution in [3.8, 4) is 0 Å². The third-order valence-electron chi connectivity index (χ3n) is 5.69. The van der Waals surface area contributed by atoms with E-state index in [4.69, 9.17) is 14.2 Å². The molecule has 2 heterocycles. The van der Waals surface area contributed by atoms with Gasteiger partial charge in [0.25, 0.3) is 0 Å². The summed E-state index contributed by atoms with van der Waals surface area (Å²) in [5.74, 6) is 0. The van der Waals surface area contributed by atoms with Gasteiger partial charge in [0, 0.05) is 39.3 Å². The number of piperidine rings is 1. The molecule has 1 aromatic carbocycles. The summed E-state index contributed by atoms with van der Waals surface area (Å²) < 4.78 is 55.5. The number of nitrogens with zero attached hydrogens (tertiary/aromatic N) is 1. The van der Waals surface area contributed by atoms with Crippen LogP contribution in [0.4, 0.5) is 13.2 Å². The van der Waals surface area contributed by atoms with Gasteiger partial charge in [-0.15, -0.1) is 0 Å². The molecule has 0 saturated carbocycles. The Morgan fingerprint density at radius 1 is 1.14 bits per heavy atom. The molecule has 0 aromatic heterocycles. The Morgan fingerprint density at radius 2 is 1.86 bits per heavy atom. The van der Waals surface area contributed by atoms with Crippen LogP contribution in [-0.4, -0.2) is 56.1 Å². The molecule has 158 valence electrons. The number of hydrogen-bond acceptors (Lipinski definition) is 4. The largest absolute Gasteiger partial charge is 0.416 e. The van der Waals surface area contributed by atoms with E-state index in [1.807, 2.05) is 6.92 Å². The molecule has 0 bridgehead atoms. The zero-order valence-electron chi connectivity index (χ0n) is 16.5. The average molecular weight is 401 g/mol. The van der Waals surface area contributed by atoms with Gasteiger partial charge in [0.2, 0.25) is 0 Å². The van der Waals surface area contributed by atoms with E-state index in [2.05, 4.69) is 4.90 Å². The number of ether oxygens (including phenoxy) is 3. The lowest BCUT2D eigenvalue weighted by Crippen LogP contribution is -2.50. The van der Waals surface area contributed by atoms with Gasteiger partial charge < -0.3 is 14.2 Å². The molecule has 0 aliphatic carbocycles. The number of benzene rings is 1. The van der Waals surface area contributed by atoms with Gasteiger partial charge >= 0.3 is 6.18 Å². The highest BCUT2D eigenvalue weighted by Gasteiger charge is 2.40. The standard InChI is InChI=1S/C21H30F3NO3/c1-2-26-13-14-27-19-7-12-28-20(15-19)8-10-25(11-9-20)16-17-3-5-18(6-4-17)21(22,23)24/h3-6,19H,2,7-16H2,1H3. The first kappa shape index (κ1) is 21.6. The zero-order valence-corrected chi connectivity index (χ0v) is 16.5. The van der Waals surface area contributed by atoms with E-state index in [-0.39, 0.29) is 11.7 Å². The number of rotatable bonds is 7. The smallest absolute Gasteiger partial charge is 0.379 e. The van der Waals surface area contributed by atoms with Gasteiger partial charge in [0.15, 0.2) is 0 Å². The Morgan fingerprint density at radius 3 is 2.50 bits per heavy atom. The molecule has 0 amide bonds. The van der Waals surface area contributed by atoms with Crippen molar-refractivity contribution in [2.24, 2.45) is 0 Å². The van der Waals surface area contributed by atoms with Crippen molar-refractivity contribution in [1.82, 2.24) is 4.90 Å². The minimum atomic E-state index is -4.28. The number of hydrogen-bond donors (Lipinski definition) is 0. The van der Waals surface area contributed by atoms with Crippen molar-refractivity contribution < 1.29 is 27.4 Å². The van der Waals surface area contributed by atoms with E-state index in [0.717, 1.165) is 63.1 Å². The minimum Gasteiger partial charge on any atom is -0.379 e. The normalized spacial score (nSPS) is 23.2. The van der Waals surface area contributed by atoms with Crippen LogP contribution >= 0.6 is 0 Å². The summed E-state index contributed by atoms with van der Waals surface area (Å²) in [6, 6.07) is 5.48. The fourth-order valence-electron chi connectivity index (χ4n) is 4.07. The van der Waals surface area contributed by atoms with E-state index in [1.54, 1.807) is 12.1 Å². The molecule has 2 saturated heterocycles. The van der Waals surface area contributed by atoms with E-state index < -0.39 is 11.7 Å². The fourth-order valence-corrected chi connectivity index (χ4v) is 4.07. The third-order valence-corrected chi connectivity index (χ3v) is 5.69. The Bertz CT molecular complexity index is 598. The van der Waals surface area contributed by atoms with Crippen molar-refractivity contribution in [3.05, 3.63) is 35.4 Å². The Labute approximate surface area is 164 Å². The predicted octanol–water partition coefficient (Wildman–Crippen LogP) is 4.27. The lowest BCUT2D eigenvalue weighted by atomic mass is 9.83. The predicted molar refractivity (Wildman–Crippen MR) is 100 cm³/mol. The second-order valence-corrected chi connectivity index (χ2v) is 7.68. The van der Waals surface area contributed by atoms with E-state index in [0.29, 0.717) is 26.4 Å². The molecule has 1 spiro atoms. The topological polar surface area (TPSA) is 30.9 Å². The summed E-state index contributed by atoms with van der Waals surface area (Å²) in [5.41, 5.74) is 0.191. The molecule has 0 N–H and O–H groups in total. The van der Waals surface area contributed by atoms with Gasteiger partial charge in [-0.25, -0.2) is 0 Å². The molecular weight excluding hydrogens is 371 g/mol. The molecule has 2 fully saturated rings. The summed E-state index contributed by atoms with van der Waals surface area (Å²) in [5, 5.41) is 0. The average Bonchev–Trinajstić information content (AvgIpc) is 2.67. The second kappa shape index (κ2) is 9.57. The van der Waals surface area contributed by atoms with Crippen molar-refractivity contribution in [2.45, 2.75) is 57.0 Å². The second-order valence-electron chi connectivity index (χ2n) is 7.68. The van der Waals surface area contributed by atoms with E-state index >= 15 is 0 Å². The maximum Gasteiger partial charge on any atom is 0.416 e. The van der Waals surface area contributed by atoms with Crippen LogP contribution < -0.4 is 0 Å². The quantitative estimate of drug-likeness (QED) is 0.639. The number of halogens is 3. The molecule has 7 heteroatoms. The Kier molecular flexibility index (Phi) is 7.36. The molecular formula is C21H30F3NO3. The van der Waals surface area contributed by atoms with Crippen molar-refractivity contribution >= 4 is 0 Å². The SMILES string of the molecule is CCOCCOC1CCOC2(CCN(Cc3ccc(C(F)(F)F)cc3)CC2)C1. The summed E-state index contributed by atoms with van der Waals surface area (Å²) in [6.07, 6.45) is -0.375. The monoisotopic (exact) mass is 401 g/mol. The first-order valence-electron chi connectivity index (χ1n) is 10.1.